The lowest BCUT2D eigenvalue weighted by Gasteiger charge is -2.34. The number of carbonyl (C=O) groups excluding carboxylic acids is 4. The van der Waals surface area contributed by atoms with Crippen LogP contribution in [-0.2, 0) is 109 Å². The van der Waals surface area contributed by atoms with Crippen molar-refractivity contribution in [3.05, 3.63) is 145 Å². The van der Waals surface area contributed by atoms with Crippen LogP contribution in [0.25, 0.3) is 66.9 Å². The summed E-state index contributed by atoms with van der Waals surface area (Å²) in [6.45, 7) is 16.5. The Labute approximate surface area is 604 Å². The van der Waals surface area contributed by atoms with E-state index >= 15 is 0 Å². The zero-order chi connectivity index (χ0) is 73.6. The van der Waals surface area contributed by atoms with Crippen LogP contribution >= 0.6 is 11.6 Å². The van der Waals surface area contributed by atoms with Crippen molar-refractivity contribution in [2.45, 2.75) is 189 Å². The first kappa shape index (κ1) is 68.8. The van der Waals surface area contributed by atoms with Crippen LogP contribution in [0.5, 0.6) is 34.5 Å². The molecule has 0 aliphatic carbocycles. The van der Waals surface area contributed by atoms with Crippen LogP contribution in [0.15, 0.2) is 50.8 Å². The fourth-order valence-electron chi connectivity index (χ4n) is 16.8. The predicted octanol–water partition coefficient (Wildman–Crippen LogP) is 11.0. The van der Waals surface area contributed by atoms with E-state index in [9.17, 15) is 43.8 Å². The van der Waals surface area contributed by atoms with Crippen molar-refractivity contribution in [3.8, 4) is 68.7 Å². The lowest BCUT2D eigenvalue weighted by Crippen LogP contribution is -2.46. The Hall–Kier alpha value is -10.6. The summed E-state index contributed by atoms with van der Waals surface area (Å²) in [7, 11) is 0. The summed E-state index contributed by atoms with van der Waals surface area (Å²) in [5, 5.41) is 25.1. The van der Waals surface area contributed by atoms with Crippen LogP contribution in [0.3, 0.4) is 0 Å². The smallest absolute Gasteiger partial charge is 0.405 e. The standard InChI is InChI=1S/C27H25ClN2O7.C26H26N2O6.C25H25N3O6/c1-4-6-7-14-15-10-30-19(22(15)29-18-9-20-23(36-12-35-20)13(3)21(14)18)8-17-16(24(30)31)11-34-25(32)27(17,5-2)37-26(28)33;1-4-6-7-14-15-10-28-19(8-17-16(24(28)29)11-32-25(30)26(17,31)5-2)22(15)27-18-9-20-23(34-12-33-20)13(3)21(14)18;1-3-5-6-12-13-9-28-17(7-15-14(23(28)29)10-32-24(30)25(15,31)4-2)21(13)27-16-8-18-22(34-11-33-18)20(26)19(12)16/h8-9H,4-7,10-12H2,1-3H3;8-9,31H,4-7,10-12H2,1-3H3;7-8,31H,3-6,9-11,26H2,1-2H3/t27-;26-;25-/m000/s1. The van der Waals surface area contributed by atoms with Gasteiger partial charge in [-0.1, -0.05) is 60.8 Å². The molecule has 9 aromatic rings. The van der Waals surface area contributed by atoms with E-state index in [1.165, 1.54) is 0 Å². The average Bonchev–Trinajstić information content (AvgIpc) is 1.59. The highest BCUT2D eigenvalue weighted by Crippen LogP contribution is 2.51. The SMILES string of the molecule is CCCCc1c2c(nc3cc4c(c(C)c13)OCO4)-c1cc3c(c(=O)n1C2)COC(=O)[C@@]3(CC)OC(=O)Cl.CCCCc1c2c(nc3cc4c(c(C)c13)OCO4)-c1cc3c(c(=O)n1C2)COC(=O)[C@]3(O)CC.CCCCc1c2c(nc3cc4c(c(N)c13)OCO4)-c1cc3c(c(=O)n1C2)COC(=O)[C@]3(O)CC. The summed E-state index contributed by atoms with van der Waals surface area (Å²) in [4.78, 5) is 105. The normalized spacial score (nSPS) is 19.4. The first-order valence-corrected chi connectivity index (χ1v) is 36.2. The molecule has 6 aromatic heterocycles. The molecule has 26 nitrogen and oxygen atoms in total. The highest BCUT2D eigenvalue weighted by molar-refractivity contribution is 6.61. The summed E-state index contributed by atoms with van der Waals surface area (Å²) in [5.74, 6) is 1.65. The second-order valence-electron chi connectivity index (χ2n) is 27.9. The number of hydrogen-bond donors (Lipinski definition) is 3. The molecule has 0 saturated carbocycles. The number of nitrogens with zero attached hydrogens (tertiary/aromatic N) is 6. The van der Waals surface area contributed by atoms with Gasteiger partial charge in [0.05, 0.1) is 92.7 Å². The summed E-state index contributed by atoms with van der Waals surface area (Å²) in [6, 6.07) is 10.8. The second kappa shape index (κ2) is 25.6. The molecule has 0 spiro atoms. The van der Waals surface area contributed by atoms with Gasteiger partial charge in [-0.25, -0.2) is 34.1 Å². The highest BCUT2D eigenvalue weighted by atomic mass is 35.5. The molecule has 18 rings (SSSR count). The quantitative estimate of drug-likeness (QED) is 0.0418. The lowest BCUT2D eigenvalue weighted by atomic mass is 9.85. The molecule has 0 saturated heterocycles. The maximum atomic E-state index is 13.7. The summed E-state index contributed by atoms with van der Waals surface area (Å²) < 4.78 is 59.9. The number of cyclic esters (lactones) is 3. The molecule has 4 N–H and O–H groups in total. The molecule has 0 amide bonds. The van der Waals surface area contributed by atoms with Gasteiger partial charge in [0.1, 0.15) is 19.8 Å². The molecular weight excluding hydrogens is 1370 g/mol. The molecule has 0 fully saturated rings. The Bertz CT molecular complexity index is 5350. The van der Waals surface area contributed by atoms with Crippen LogP contribution in [0.2, 0.25) is 0 Å². The number of aromatic nitrogens is 6. The van der Waals surface area contributed by atoms with Gasteiger partial charge in [-0.05, 0) is 107 Å². The van der Waals surface area contributed by atoms with Gasteiger partial charge in [-0.15, -0.1) is 0 Å². The number of unbranched alkanes of at least 4 members (excludes halogenated alkanes) is 3. The number of nitrogens with two attached hydrogens (primary N) is 1. The van der Waals surface area contributed by atoms with Crippen LogP contribution in [0, 0.1) is 13.8 Å². The number of nitrogen functional groups attached to an aromatic ring is 1. The highest BCUT2D eigenvalue weighted by Gasteiger charge is 2.52. The van der Waals surface area contributed by atoms with E-state index in [0.29, 0.717) is 116 Å². The number of anilines is 1. The van der Waals surface area contributed by atoms with E-state index < -0.39 is 40.1 Å². The Morgan fingerprint density at radius 1 is 0.476 bits per heavy atom. The van der Waals surface area contributed by atoms with Crippen LogP contribution < -0.4 is 50.8 Å². The van der Waals surface area contributed by atoms with Gasteiger partial charge in [-0.3, -0.25) is 14.4 Å². The molecule has 15 heterocycles. The Morgan fingerprint density at radius 2 is 0.829 bits per heavy atom. The minimum absolute atomic E-state index is 0.0581. The number of fused-ring (bicyclic) bond motifs is 18. The molecule has 27 heteroatoms. The van der Waals surface area contributed by atoms with Gasteiger partial charge in [0, 0.05) is 90.5 Å². The van der Waals surface area contributed by atoms with Crippen molar-refractivity contribution in [1.29, 1.82) is 0 Å². The van der Waals surface area contributed by atoms with Crippen molar-refractivity contribution in [3.63, 3.8) is 0 Å². The topological polar surface area (TPSA) is 332 Å². The number of aliphatic hydroxyl groups is 2. The fraction of sp³-hybridized carbons (Fsp3) is 0.410. The third kappa shape index (κ3) is 10.2. The number of ether oxygens (including phenoxy) is 10. The third-order valence-electron chi connectivity index (χ3n) is 22.4. The van der Waals surface area contributed by atoms with Gasteiger partial charge in [-0.2, -0.15) is 0 Å². The summed E-state index contributed by atoms with van der Waals surface area (Å²) >= 11 is 5.56. The van der Waals surface area contributed by atoms with Crippen LogP contribution in [0.4, 0.5) is 10.5 Å². The maximum Gasteiger partial charge on any atom is 0.405 e. The summed E-state index contributed by atoms with van der Waals surface area (Å²) in [5.41, 5.74) is 15.6. The molecule has 9 aliphatic heterocycles. The van der Waals surface area contributed by atoms with Crippen molar-refractivity contribution >= 4 is 73.3 Å². The zero-order valence-electron chi connectivity index (χ0n) is 59.3. The number of pyridine rings is 6. The van der Waals surface area contributed by atoms with E-state index in [1.807, 2.05) is 32.0 Å². The first-order valence-electron chi connectivity index (χ1n) is 35.8. The third-order valence-corrected chi connectivity index (χ3v) is 22.4. The van der Waals surface area contributed by atoms with E-state index in [1.54, 1.807) is 52.7 Å². The molecule has 105 heavy (non-hydrogen) atoms. The number of carbonyl (C=O) groups is 4. The van der Waals surface area contributed by atoms with E-state index in [-0.39, 0.29) is 81.7 Å². The van der Waals surface area contributed by atoms with Gasteiger partial charge in [0.25, 0.3) is 16.7 Å². The molecule has 0 radical (unpaired) electrons. The van der Waals surface area contributed by atoms with Gasteiger partial charge < -0.3 is 77.0 Å². The van der Waals surface area contributed by atoms with E-state index in [4.69, 9.17) is 79.7 Å². The van der Waals surface area contributed by atoms with Crippen molar-refractivity contribution < 1.29 is 76.8 Å². The van der Waals surface area contributed by atoms with Crippen molar-refractivity contribution in [2.75, 3.05) is 26.1 Å². The molecular formula is C78H76ClN7O19. The first-order chi connectivity index (χ1) is 50.6. The Kier molecular flexibility index (Phi) is 16.8. The van der Waals surface area contributed by atoms with E-state index in [0.717, 1.165) is 141 Å². The number of halogens is 1. The second-order valence-corrected chi connectivity index (χ2v) is 28.2. The predicted molar refractivity (Wildman–Crippen MR) is 382 cm³/mol. The molecule has 9 aliphatic rings. The minimum Gasteiger partial charge on any atom is -0.458 e. The monoisotopic (exact) mass is 1450 g/mol. The lowest BCUT2D eigenvalue weighted by molar-refractivity contribution is -0.172. The van der Waals surface area contributed by atoms with Gasteiger partial charge in [0.2, 0.25) is 26.0 Å². The molecule has 0 unspecified atom stereocenters. The number of rotatable bonds is 13. The van der Waals surface area contributed by atoms with Crippen molar-refractivity contribution in [2.24, 2.45) is 0 Å². The Morgan fingerprint density at radius 3 is 1.21 bits per heavy atom. The molecule has 3 atom stereocenters. The molecule has 544 valence electrons. The van der Waals surface area contributed by atoms with Crippen LogP contribution in [-0.4, -0.2) is 82.6 Å². The molecule has 3 aromatic carbocycles. The maximum absolute atomic E-state index is 13.7. The minimum atomic E-state index is -1.86. The number of aryl methyl sites for hydroxylation is 5. The Balaban J connectivity index is 0.000000121. The van der Waals surface area contributed by atoms with E-state index in [2.05, 4.69) is 20.8 Å². The zero-order valence-corrected chi connectivity index (χ0v) is 60.0. The average molecular weight is 1450 g/mol. The summed E-state index contributed by atoms with van der Waals surface area (Å²) in [6.07, 6.45) is 8.64. The number of hydrogen-bond acceptors (Lipinski definition) is 23. The van der Waals surface area contributed by atoms with Gasteiger partial charge in [0.15, 0.2) is 45.7 Å². The van der Waals surface area contributed by atoms with Crippen LogP contribution in [0.1, 0.15) is 177 Å². The van der Waals surface area contributed by atoms with Gasteiger partial charge >= 0.3 is 23.3 Å². The largest absolute Gasteiger partial charge is 0.458 e. The van der Waals surface area contributed by atoms with Crippen molar-refractivity contribution in [1.82, 2.24) is 28.7 Å². The molecule has 0 bridgehead atoms. The fourth-order valence-corrected chi connectivity index (χ4v) is 16.9. The number of esters is 3. The number of benzene rings is 3.